The van der Waals surface area contributed by atoms with Crippen molar-refractivity contribution in [3.8, 4) is 0 Å². The number of aromatic amines is 1. The molecule has 0 saturated carbocycles. The number of hydrogen-bond donors (Lipinski definition) is 1. The van der Waals surface area contributed by atoms with Crippen LogP contribution < -0.4 is 0 Å². The molecule has 1 aromatic heterocycles. The molecule has 0 aliphatic rings. The Morgan fingerprint density at radius 3 is 2.74 bits per heavy atom. The Labute approximate surface area is 139 Å². The number of nitrogens with zero attached hydrogens (tertiary/aromatic N) is 2. The van der Waals surface area contributed by atoms with Crippen LogP contribution in [0.5, 0.6) is 0 Å². The van der Waals surface area contributed by atoms with Gasteiger partial charge in [0.1, 0.15) is 0 Å². The fraction of sp³-hybridized carbons (Fsp3) is 0.400. The summed E-state index contributed by atoms with van der Waals surface area (Å²) in [6.45, 7) is 14.8. The lowest BCUT2D eigenvalue weighted by Crippen LogP contribution is -2.13. The molecule has 0 amide bonds. The van der Waals surface area contributed by atoms with Gasteiger partial charge in [0.25, 0.3) is 0 Å². The Morgan fingerprint density at radius 1 is 1.35 bits per heavy atom. The molecule has 3 nitrogen and oxygen atoms in total. The topological polar surface area (TPSA) is 41.0 Å². The lowest BCUT2D eigenvalue weighted by molar-refractivity contribution is 0.735. The second-order valence-corrected chi connectivity index (χ2v) is 6.48. The largest absolute Gasteiger partial charge is 0.337 e. The van der Waals surface area contributed by atoms with Crippen molar-refractivity contribution < 1.29 is 0 Å². The fourth-order valence-corrected chi connectivity index (χ4v) is 2.27. The lowest BCUT2D eigenvalue weighted by Gasteiger charge is -2.09. The summed E-state index contributed by atoms with van der Waals surface area (Å²) in [5.74, 6) is 1.64. The maximum Gasteiger partial charge on any atom is 0.153 e. The minimum absolute atomic E-state index is 0.341. The number of H-pyrrole nitrogens is 1. The molecular weight excluding hydrogens is 282 g/mol. The SMILES string of the molecule is C=C(/C=C\N=C(c1nc2ccc(C)cc2[nH]1)C(C)CC)C(C)C. The third-order valence-corrected chi connectivity index (χ3v) is 4.20. The molecule has 0 fully saturated rings. The van der Waals surface area contributed by atoms with E-state index in [0.29, 0.717) is 11.8 Å². The van der Waals surface area contributed by atoms with E-state index < -0.39 is 0 Å². The van der Waals surface area contributed by atoms with Crippen molar-refractivity contribution in [1.82, 2.24) is 9.97 Å². The zero-order chi connectivity index (χ0) is 17.0. The van der Waals surface area contributed by atoms with Gasteiger partial charge in [-0.3, -0.25) is 4.99 Å². The zero-order valence-corrected chi connectivity index (χ0v) is 14.9. The molecule has 1 unspecified atom stereocenters. The molecular formula is C20H27N3. The highest BCUT2D eigenvalue weighted by Crippen LogP contribution is 2.18. The first-order valence-corrected chi connectivity index (χ1v) is 8.32. The van der Waals surface area contributed by atoms with E-state index in [9.17, 15) is 0 Å². The number of fused-ring (bicyclic) bond motifs is 1. The molecule has 0 spiro atoms. The first-order chi connectivity index (χ1) is 10.9. The third-order valence-electron chi connectivity index (χ3n) is 4.20. The van der Waals surface area contributed by atoms with Crippen molar-refractivity contribution in [3.63, 3.8) is 0 Å². The molecule has 1 atom stereocenters. The number of allylic oxidation sites excluding steroid dienone is 2. The highest BCUT2D eigenvalue weighted by Gasteiger charge is 2.15. The van der Waals surface area contributed by atoms with Crippen molar-refractivity contribution in [2.75, 3.05) is 0 Å². The van der Waals surface area contributed by atoms with Crippen LogP contribution in [0.15, 0.2) is 47.6 Å². The average Bonchev–Trinajstić information content (AvgIpc) is 2.92. The van der Waals surface area contributed by atoms with Crippen molar-refractivity contribution in [1.29, 1.82) is 0 Å². The number of aliphatic imine (C=N–C) groups is 1. The molecule has 1 aromatic carbocycles. The second-order valence-electron chi connectivity index (χ2n) is 6.48. The first-order valence-electron chi connectivity index (χ1n) is 8.32. The number of imidazole rings is 1. The van der Waals surface area contributed by atoms with Crippen molar-refractivity contribution >= 4 is 16.7 Å². The predicted molar refractivity (Wildman–Crippen MR) is 99.9 cm³/mol. The summed E-state index contributed by atoms with van der Waals surface area (Å²) < 4.78 is 0. The van der Waals surface area contributed by atoms with Crippen LogP contribution in [0.1, 0.15) is 45.5 Å². The summed E-state index contributed by atoms with van der Waals surface area (Å²) in [5, 5.41) is 0. The predicted octanol–water partition coefficient (Wildman–Crippen LogP) is 5.43. The first kappa shape index (κ1) is 17.2. The number of benzene rings is 1. The Hall–Kier alpha value is -2.16. The fourth-order valence-electron chi connectivity index (χ4n) is 2.27. The molecule has 0 aliphatic carbocycles. The number of aromatic nitrogens is 2. The smallest absolute Gasteiger partial charge is 0.153 e. The van der Waals surface area contributed by atoms with Crippen molar-refractivity contribution in [2.45, 2.75) is 41.0 Å². The van der Waals surface area contributed by atoms with Gasteiger partial charge in [0.2, 0.25) is 0 Å². The van der Waals surface area contributed by atoms with Gasteiger partial charge in [-0.15, -0.1) is 0 Å². The molecule has 122 valence electrons. The number of rotatable bonds is 6. The molecule has 0 bridgehead atoms. The van der Waals surface area contributed by atoms with Crippen LogP contribution in [0.25, 0.3) is 11.0 Å². The normalized spacial score (nSPS) is 14.1. The van der Waals surface area contributed by atoms with E-state index in [1.165, 1.54) is 5.56 Å². The molecule has 0 saturated heterocycles. The van der Waals surface area contributed by atoms with Crippen LogP contribution in [-0.4, -0.2) is 15.7 Å². The van der Waals surface area contributed by atoms with E-state index in [1.807, 2.05) is 12.3 Å². The molecule has 3 heteroatoms. The van der Waals surface area contributed by atoms with E-state index in [-0.39, 0.29) is 0 Å². The van der Waals surface area contributed by atoms with Crippen LogP contribution in [-0.2, 0) is 0 Å². The van der Waals surface area contributed by atoms with Crippen LogP contribution in [0.3, 0.4) is 0 Å². The van der Waals surface area contributed by atoms with E-state index in [2.05, 4.69) is 69.4 Å². The Balaban J connectivity index is 2.38. The number of hydrogen-bond acceptors (Lipinski definition) is 2. The van der Waals surface area contributed by atoms with Crippen LogP contribution in [0, 0.1) is 18.8 Å². The van der Waals surface area contributed by atoms with Gasteiger partial charge in [0.15, 0.2) is 5.82 Å². The summed E-state index contributed by atoms with van der Waals surface area (Å²) in [6, 6.07) is 6.26. The van der Waals surface area contributed by atoms with Crippen LogP contribution in [0.4, 0.5) is 0 Å². The summed E-state index contributed by atoms with van der Waals surface area (Å²) in [6.07, 6.45) is 4.86. The van der Waals surface area contributed by atoms with Gasteiger partial charge in [-0.25, -0.2) is 4.98 Å². The maximum atomic E-state index is 4.71. The van der Waals surface area contributed by atoms with Crippen LogP contribution in [0.2, 0.25) is 0 Å². The van der Waals surface area contributed by atoms with Gasteiger partial charge in [-0.05, 0) is 43.0 Å². The Kier molecular flexibility index (Phi) is 5.54. The number of aryl methyl sites for hydroxylation is 1. The van der Waals surface area contributed by atoms with Crippen molar-refractivity contribution in [3.05, 3.63) is 54.0 Å². The quantitative estimate of drug-likeness (QED) is 0.561. The third kappa shape index (κ3) is 4.19. The molecule has 0 radical (unpaired) electrons. The summed E-state index contributed by atoms with van der Waals surface area (Å²) >= 11 is 0. The van der Waals surface area contributed by atoms with Crippen molar-refractivity contribution in [2.24, 2.45) is 16.8 Å². The summed E-state index contributed by atoms with van der Waals surface area (Å²) in [4.78, 5) is 12.8. The maximum absolute atomic E-state index is 4.71. The lowest BCUT2D eigenvalue weighted by atomic mass is 10.0. The molecule has 2 aromatic rings. The van der Waals surface area contributed by atoms with E-state index in [4.69, 9.17) is 4.98 Å². The van der Waals surface area contributed by atoms with E-state index in [0.717, 1.165) is 34.6 Å². The van der Waals surface area contributed by atoms with Gasteiger partial charge >= 0.3 is 0 Å². The molecule has 2 rings (SSSR count). The monoisotopic (exact) mass is 309 g/mol. The average molecular weight is 309 g/mol. The summed E-state index contributed by atoms with van der Waals surface area (Å²) in [5.41, 5.74) is 5.35. The van der Waals surface area contributed by atoms with Gasteiger partial charge in [-0.2, -0.15) is 0 Å². The Morgan fingerprint density at radius 2 is 2.09 bits per heavy atom. The number of nitrogens with one attached hydrogen (secondary N) is 1. The van der Waals surface area contributed by atoms with E-state index in [1.54, 1.807) is 0 Å². The molecule has 1 heterocycles. The molecule has 23 heavy (non-hydrogen) atoms. The van der Waals surface area contributed by atoms with Gasteiger partial charge in [0, 0.05) is 12.1 Å². The minimum Gasteiger partial charge on any atom is -0.337 e. The Bertz CT molecular complexity index is 747. The molecule has 0 aliphatic heterocycles. The van der Waals surface area contributed by atoms with Crippen LogP contribution >= 0.6 is 0 Å². The second kappa shape index (κ2) is 7.40. The van der Waals surface area contributed by atoms with Gasteiger partial charge < -0.3 is 4.98 Å². The zero-order valence-electron chi connectivity index (χ0n) is 14.9. The van der Waals surface area contributed by atoms with Gasteiger partial charge in [-0.1, -0.05) is 45.9 Å². The van der Waals surface area contributed by atoms with Gasteiger partial charge in [0.05, 0.1) is 16.7 Å². The molecule has 1 N–H and O–H groups in total. The van der Waals surface area contributed by atoms with E-state index >= 15 is 0 Å². The highest BCUT2D eigenvalue weighted by atomic mass is 14.9. The summed E-state index contributed by atoms with van der Waals surface area (Å²) in [7, 11) is 0. The highest BCUT2D eigenvalue weighted by molar-refractivity contribution is 6.01. The minimum atomic E-state index is 0.341. The standard InChI is InChI=1S/C20H27N3/c1-7-15(5)19(21-11-10-16(6)13(2)3)20-22-17-9-8-14(4)12-18(17)23-20/h8-13,15H,6-7H2,1-5H3,(H,22,23)/b11-10-,21-19?.